The quantitative estimate of drug-likeness (QED) is 0.0837. The first-order chi connectivity index (χ1) is 18.2. The van der Waals surface area contributed by atoms with Crippen molar-refractivity contribution in [2.75, 3.05) is 0 Å². The number of pyridine rings is 1. The Balaban J connectivity index is 1.72. The van der Waals surface area contributed by atoms with E-state index in [4.69, 9.17) is 33.0 Å². The molecule has 0 aliphatic carbocycles. The van der Waals surface area contributed by atoms with Crippen molar-refractivity contribution in [1.82, 2.24) is 4.57 Å². The average Bonchev–Trinajstić information content (AvgIpc) is 2.87. The van der Waals surface area contributed by atoms with E-state index in [-0.39, 0.29) is 17.2 Å². The predicted molar refractivity (Wildman–Crippen MR) is 148 cm³/mol. The monoisotopic (exact) mass is 550 g/mol. The molecule has 0 saturated heterocycles. The molecule has 38 heavy (non-hydrogen) atoms. The maximum Gasteiger partial charge on any atom is 0.511 e. The van der Waals surface area contributed by atoms with Crippen LogP contribution < -0.4 is 10.3 Å². The van der Waals surface area contributed by atoms with Gasteiger partial charge in [0.25, 0.3) is 0 Å². The highest BCUT2D eigenvalue weighted by atomic mass is 35.5. The van der Waals surface area contributed by atoms with Gasteiger partial charge >= 0.3 is 6.16 Å². The number of hydrogen-bond acceptors (Lipinski definition) is 5. The van der Waals surface area contributed by atoms with Gasteiger partial charge in [0.1, 0.15) is 5.75 Å². The molecule has 2 N–H and O–H groups in total. The van der Waals surface area contributed by atoms with Crippen LogP contribution in [0.1, 0.15) is 34.6 Å². The molecule has 0 aliphatic rings. The van der Waals surface area contributed by atoms with E-state index in [2.05, 4.69) is 5.16 Å². The van der Waals surface area contributed by atoms with Crippen LogP contribution in [0.25, 0.3) is 11.1 Å². The number of benzene rings is 3. The lowest BCUT2D eigenvalue weighted by molar-refractivity contribution is 0.144. The van der Waals surface area contributed by atoms with Crippen LogP contribution in [0.15, 0.2) is 88.9 Å². The summed E-state index contributed by atoms with van der Waals surface area (Å²) in [5.74, 6) is -0.0357. The molecule has 0 unspecified atom stereocenters. The van der Waals surface area contributed by atoms with Gasteiger partial charge in [-0.15, -0.1) is 0 Å². The third-order valence-corrected chi connectivity index (χ3v) is 6.86. The van der Waals surface area contributed by atoms with Gasteiger partial charge in [0.05, 0.1) is 5.71 Å². The topological polar surface area (TPSA) is 101 Å². The lowest BCUT2D eigenvalue weighted by Gasteiger charge is -2.21. The van der Waals surface area contributed by atoms with Gasteiger partial charge in [-0.3, -0.25) is 4.79 Å². The summed E-state index contributed by atoms with van der Waals surface area (Å²) >= 11 is 12.8. The molecule has 1 atom stereocenters. The molecule has 0 spiro atoms. The minimum absolute atomic E-state index is 0.170. The molecule has 3 aromatic carbocycles. The molecule has 9 heteroatoms. The number of carboxylic acid groups (broad SMARTS) is 1. The maximum absolute atomic E-state index is 11.9. The Morgan fingerprint density at radius 1 is 1.03 bits per heavy atom. The van der Waals surface area contributed by atoms with Crippen LogP contribution in [0.2, 0.25) is 10.0 Å². The number of hydrogen-bond donors (Lipinski definition) is 2. The Labute approximate surface area is 229 Å². The molecule has 1 heterocycles. The van der Waals surface area contributed by atoms with Crippen molar-refractivity contribution in [3.05, 3.63) is 122 Å². The SMILES string of the molecule is Cc1cc(OC(=O)O)ccc1-c1ccc([C@H](C/C(=N\O)c2ccc(=O)n(C)c2)c2ccc(Cl)cc2Cl)cc1. The molecular weight excluding hydrogens is 527 g/mol. The Morgan fingerprint density at radius 2 is 1.76 bits per heavy atom. The summed E-state index contributed by atoms with van der Waals surface area (Å²) in [5, 5.41) is 23.3. The van der Waals surface area contributed by atoms with Gasteiger partial charge in [-0.25, -0.2) is 4.79 Å². The summed E-state index contributed by atoms with van der Waals surface area (Å²) in [4.78, 5) is 22.7. The summed E-state index contributed by atoms with van der Waals surface area (Å²) < 4.78 is 6.17. The highest BCUT2D eigenvalue weighted by Crippen LogP contribution is 2.37. The highest BCUT2D eigenvalue weighted by molar-refractivity contribution is 6.35. The normalized spacial score (nSPS) is 12.3. The van der Waals surface area contributed by atoms with Crippen LogP contribution >= 0.6 is 23.2 Å². The van der Waals surface area contributed by atoms with Gasteiger partial charge in [0.2, 0.25) is 5.56 Å². The third kappa shape index (κ3) is 6.07. The van der Waals surface area contributed by atoms with Crippen LogP contribution in [-0.2, 0) is 7.05 Å². The van der Waals surface area contributed by atoms with Crippen molar-refractivity contribution in [3.63, 3.8) is 0 Å². The number of nitrogens with zero attached hydrogens (tertiary/aromatic N) is 2. The largest absolute Gasteiger partial charge is 0.511 e. The number of carbonyl (C=O) groups is 1. The second-order valence-electron chi connectivity index (χ2n) is 8.80. The maximum atomic E-state index is 11.9. The molecule has 7 nitrogen and oxygen atoms in total. The summed E-state index contributed by atoms with van der Waals surface area (Å²) in [6, 6.07) is 21.3. The molecule has 0 amide bonds. The second-order valence-corrected chi connectivity index (χ2v) is 9.65. The average molecular weight is 551 g/mol. The number of ether oxygens (including phenoxy) is 1. The van der Waals surface area contributed by atoms with Gasteiger partial charge in [0.15, 0.2) is 0 Å². The summed E-state index contributed by atoms with van der Waals surface area (Å²) in [7, 11) is 1.63. The standard InChI is InChI=1S/C29H24Cl2N2O5/c1-17-13-22(38-29(35)36)9-11-23(17)18-3-5-19(6-4-18)25(24-10-8-21(30)14-26(24)31)15-27(32-37)20-7-12-28(34)33(2)16-20/h3-14,16,25,37H,15H2,1-2H3,(H,35,36)/b32-27+/t25-/m0/s1. The molecule has 4 rings (SSSR count). The van der Waals surface area contributed by atoms with Crippen molar-refractivity contribution in [1.29, 1.82) is 0 Å². The molecule has 0 saturated carbocycles. The Kier molecular flexibility index (Phi) is 8.20. The molecule has 0 aliphatic heterocycles. The lowest BCUT2D eigenvalue weighted by Crippen LogP contribution is -2.18. The Hall–Kier alpha value is -4.07. The summed E-state index contributed by atoms with van der Waals surface area (Å²) in [6.07, 6.45) is 0.564. The van der Waals surface area contributed by atoms with Crippen LogP contribution in [-0.4, -0.2) is 26.7 Å². The zero-order chi connectivity index (χ0) is 27.4. The fraction of sp³-hybridized carbons (Fsp3) is 0.138. The molecule has 0 radical (unpaired) electrons. The number of aromatic nitrogens is 1. The van der Waals surface area contributed by atoms with E-state index in [1.165, 1.54) is 10.6 Å². The van der Waals surface area contributed by atoms with Gasteiger partial charge in [-0.2, -0.15) is 0 Å². The van der Waals surface area contributed by atoms with E-state index in [1.807, 2.05) is 43.3 Å². The van der Waals surface area contributed by atoms with Gasteiger partial charge < -0.3 is 19.6 Å². The molecule has 194 valence electrons. The predicted octanol–water partition coefficient (Wildman–Crippen LogP) is 7.12. The number of halogens is 2. The van der Waals surface area contributed by atoms with E-state index < -0.39 is 6.16 Å². The molecule has 0 fully saturated rings. The zero-order valence-corrected chi connectivity index (χ0v) is 22.1. The number of oxime groups is 1. The fourth-order valence-electron chi connectivity index (χ4n) is 4.39. The molecule has 0 bridgehead atoms. The van der Waals surface area contributed by atoms with E-state index >= 15 is 0 Å². The van der Waals surface area contributed by atoms with Crippen LogP contribution in [0.3, 0.4) is 0 Å². The van der Waals surface area contributed by atoms with Crippen LogP contribution in [0.5, 0.6) is 5.75 Å². The van der Waals surface area contributed by atoms with Crippen molar-refractivity contribution < 1.29 is 19.8 Å². The Morgan fingerprint density at radius 3 is 2.37 bits per heavy atom. The van der Waals surface area contributed by atoms with Crippen molar-refractivity contribution in [3.8, 4) is 16.9 Å². The fourth-order valence-corrected chi connectivity index (χ4v) is 4.93. The number of aryl methyl sites for hydroxylation is 2. The number of rotatable bonds is 7. The zero-order valence-electron chi connectivity index (χ0n) is 20.6. The van der Waals surface area contributed by atoms with Gasteiger partial charge in [-0.05, 0) is 65.1 Å². The van der Waals surface area contributed by atoms with Crippen molar-refractivity contribution in [2.24, 2.45) is 12.2 Å². The lowest BCUT2D eigenvalue weighted by atomic mass is 9.84. The Bertz CT molecular complexity index is 1580. The smallest absolute Gasteiger partial charge is 0.449 e. The molecule has 4 aromatic rings. The van der Waals surface area contributed by atoms with E-state index in [1.54, 1.807) is 43.6 Å². The summed E-state index contributed by atoms with van der Waals surface area (Å²) in [5.41, 5.74) is 5.29. The third-order valence-electron chi connectivity index (χ3n) is 6.30. The van der Waals surface area contributed by atoms with Crippen molar-refractivity contribution >= 4 is 35.1 Å². The summed E-state index contributed by atoms with van der Waals surface area (Å²) in [6.45, 7) is 1.88. The van der Waals surface area contributed by atoms with Gasteiger partial charge in [0, 0.05) is 47.3 Å². The molecule has 1 aromatic heterocycles. The minimum atomic E-state index is -1.36. The first-order valence-electron chi connectivity index (χ1n) is 11.6. The first kappa shape index (κ1) is 27.0. The molecular formula is C29H24Cl2N2O5. The van der Waals surface area contributed by atoms with E-state index in [9.17, 15) is 14.8 Å². The van der Waals surface area contributed by atoms with Gasteiger partial charge in [-0.1, -0.05) is 64.8 Å². The van der Waals surface area contributed by atoms with E-state index in [0.717, 1.165) is 27.8 Å². The highest BCUT2D eigenvalue weighted by Gasteiger charge is 2.22. The van der Waals surface area contributed by atoms with Crippen molar-refractivity contribution in [2.45, 2.75) is 19.3 Å². The van der Waals surface area contributed by atoms with Crippen LogP contribution in [0, 0.1) is 6.92 Å². The first-order valence-corrected chi connectivity index (χ1v) is 12.4. The minimum Gasteiger partial charge on any atom is -0.449 e. The second kappa shape index (κ2) is 11.5. The van der Waals surface area contributed by atoms with E-state index in [0.29, 0.717) is 27.7 Å². The van der Waals surface area contributed by atoms with Crippen LogP contribution in [0.4, 0.5) is 4.79 Å².